The van der Waals surface area contributed by atoms with Crippen molar-refractivity contribution in [3.63, 3.8) is 0 Å². The van der Waals surface area contributed by atoms with Gasteiger partial charge in [-0.15, -0.1) is 0 Å². The summed E-state index contributed by atoms with van der Waals surface area (Å²) in [6.45, 7) is 2.78. The standard InChI is InChI=1S/C17H18N2O/c1-12-11-14(7-8-15(12)18-2)17(20)19-10-9-13-5-3-4-6-16(13)19/h3-8,11,18H,9-10H2,1-2H3. The van der Waals surface area contributed by atoms with Gasteiger partial charge in [-0.05, 0) is 48.7 Å². The highest BCUT2D eigenvalue weighted by molar-refractivity contribution is 6.07. The molecule has 1 amide bonds. The van der Waals surface area contributed by atoms with E-state index in [9.17, 15) is 4.79 Å². The second-order valence-electron chi connectivity index (χ2n) is 5.12. The molecule has 0 spiro atoms. The van der Waals surface area contributed by atoms with E-state index < -0.39 is 0 Å². The molecule has 0 bridgehead atoms. The first kappa shape index (κ1) is 12.7. The van der Waals surface area contributed by atoms with E-state index in [0.717, 1.165) is 35.5 Å². The lowest BCUT2D eigenvalue weighted by Gasteiger charge is -2.18. The number of carbonyl (C=O) groups excluding carboxylic acids is 1. The Bertz CT molecular complexity index is 664. The lowest BCUT2D eigenvalue weighted by atomic mass is 10.1. The van der Waals surface area contributed by atoms with Crippen LogP contribution in [0.25, 0.3) is 0 Å². The number of benzene rings is 2. The number of hydrogen-bond acceptors (Lipinski definition) is 2. The molecule has 1 aliphatic heterocycles. The average Bonchev–Trinajstić information content (AvgIpc) is 2.90. The number of amides is 1. The molecule has 0 aliphatic carbocycles. The van der Waals surface area contributed by atoms with Crippen molar-refractivity contribution in [2.24, 2.45) is 0 Å². The molecule has 2 aromatic rings. The Morgan fingerprint density at radius 2 is 2.00 bits per heavy atom. The summed E-state index contributed by atoms with van der Waals surface area (Å²) < 4.78 is 0. The molecule has 3 nitrogen and oxygen atoms in total. The Labute approximate surface area is 119 Å². The minimum Gasteiger partial charge on any atom is -0.388 e. The number of aryl methyl sites for hydroxylation is 1. The molecule has 0 fully saturated rings. The summed E-state index contributed by atoms with van der Waals surface area (Å²) in [5, 5.41) is 3.12. The van der Waals surface area contributed by atoms with E-state index >= 15 is 0 Å². The van der Waals surface area contributed by atoms with Crippen LogP contribution < -0.4 is 10.2 Å². The molecule has 1 N–H and O–H groups in total. The third-order valence-electron chi connectivity index (χ3n) is 3.88. The summed E-state index contributed by atoms with van der Waals surface area (Å²) in [6.07, 6.45) is 0.940. The summed E-state index contributed by atoms with van der Waals surface area (Å²) in [5.41, 5.74) is 5.20. The van der Waals surface area contributed by atoms with Crippen LogP contribution in [0.4, 0.5) is 11.4 Å². The maximum atomic E-state index is 12.7. The van der Waals surface area contributed by atoms with Crippen molar-refractivity contribution in [2.75, 3.05) is 23.8 Å². The van der Waals surface area contributed by atoms with E-state index in [4.69, 9.17) is 0 Å². The first-order chi connectivity index (χ1) is 9.70. The van der Waals surface area contributed by atoms with E-state index in [1.54, 1.807) is 0 Å². The number of hydrogen-bond donors (Lipinski definition) is 1. The largest absolute Gasteiger partial charge is 0.388 e. The SMILES string of the molecule is CNc1ccc(C(=O)N2CCc3ccccc32)cc1C. The lowest BCUT2D eigenvalue weighted by molar-refractivity contribution is 0.0989. The Hall–Kier alpha value is -2.29. The normalized spacial score (nSPS) is 13.2. The maximum Gasteiger partial charge on any atom is 0.258 e. The number of carbonyl (C=O) groups is 1. The molecule has 0 unspecified atom stereocenters. The number of fused-ring (bicyclic) bond motifs is 1. The van der Waals surface area contributed by atoms with Gasteiger partial charge in [-0.2, -0.15) is 0 Å². The maximum absolute atomic E-state index is 12.7. The predicted molar refractivity (Wildman–Crippen MR) is 82.5 cm³/mol. The van der Waals surface area contributed by atoms with Crippen molar-refractivity contribution in [3.8, 4) is 0 Å². The molecule has 0 saturated carbocycles. The molecule has 3 heteroatoms. The molecular formula is C17H18N2O. The molecule has 102 valence electrons. The number of nitrogens with zero attached hydrogens (tertiary/aromatic N) is 1. The van der Waals surface area contributed by atoms with Crippen molar-refractivity contribution in [1.29, 1.82) is 0 Å². The predicted octanol–water partition coefficient (Wildman–Crippen LogP) is 3.24. The molecule has 0 radical (unpaired) electrons. The van der Waals surface area contributed by atoms with E-state index in [1.165, 1.54) is 5.56 Å². The van der Waals surface area contributed by atoms with Crippen molar-refractivity contribution >= 4 is 17.3 Å². The fourth-order valence-corrected chi connectivity index (χ4v) is 2.78. The summed E-state index contributed by atoms with van der Waals surface area (Å²) in [7, 11) is 1.89. The Kier molecular flexibility index (Phi) is 3.18. The lowest BCUT2D eigenvalue weighted by Crippen LogP contribution is -2.28. The molecule has 0 aromatic heterocycles. The van der Waals surface area contributed by atoms with E-state index in [2.05, 4.69) is 11.4 Å². The topological polar surface area (TPSA) is 32.3 Å². The molecule has 3 rings (SSSR count). The number of anilines is 2. The van der Waals surface area contributed by atoms with Crippen molar-refractivity contribution in [1.82, 2.24) is 0 Å². The third-order valence-corrected chi connectivity index (χ3v) is 3.88. The van der Waals surface area contributed by atoms with Crippen molar-refractivity contribution in [3.05, 3.63) is 59.2 Å². The summed E-state index contributed by atoms with van der Waals surface area (Å²) in [5.74, 6) is 0.0840. The van der Waals surface area contributed by atoms with Crippen molar-refractivity contribution < 1.29 is 4.79 Å². The van der Waals surface area contributed by atoms with Gasteiger partial charge in [0.25, 0.3) is 5.91 Å². The van der Waals surface area contributed by atoms with Crippen LogP contribution in [-0.4, -0.2) is 19.5 Å². The van der Waals surface area contributed by atoms with Crippen LogP contribution >= 0.6 is 0 Å². The van der Waals surface area contributed by atoms with Gasteiger partial charge in [0.2, 0.25) is 0 Å². The zero-order chi connectivity index (χ0) is 14.1. The smallest absolute Gasteiger partial charge is 0.258 e. The quantitative estimate of drug-likeness (QED) is 0.905. The van der Waals surface area contributed by atoms with E-state index in [1.807, 2.05) is 55.3 Å². The van der Waals surface area contributed by atoms with Gasteiger partial charge in [0.1, 0.15) is 0 Å². The minimum atomic E-state index is 0.0840. The van der Waals surface area contributed by atoms with Crippen LogP contribution in [0.3, 0.4) is 0 Å². The molecule has 1 heterocycles. The molecule has 0 atom stereocenters. The molecule has 2 aromatic carbocycles. The van der Waals surface area contributed by atoms with Crippen LogP contribution in [0.1, 0.15) is 21.5 Å². The highest BCUT2D eigenvalue weighted by Gasteiger charge is 2.25. The fourth-order valence-electron chi connectivity index (χ4n) is 2.78. The van der Waals surface area contributed by atoms with Crippen LogP contribution in [0, 0.1) is 6.92 Å². The van der Waals surface area contributed by atoms with E-state index in [0.29, 0.717) is 0 Å². The van der Waals surface area contributed by atoms with Crippen LogP contribution in [0.2, 0.25) is 0 Å². The van der Waals surface area contributed by atoms with Crippen LogP contribution in [0.5, 0.6) is 0 Å². The first-order valence-corrected chi connectivity index (χ1v) is 6.89. The number of rotatable bonds is 2. The fraction of sp³-hybridized carbons (Fsp3) is 0.235. The van der Waals surface area contributed by atoms with Gasteiger partial charge in [-0.1, -0.05) is 18.2 Å². The first-order valence-electron chi connectivity index (χ1n) is 6.89. The van der Waals surface area contributed by atoms with Gasteiger partial charge in [-0.25, -0.2) is 0 Å². The average molecular weight is 266 g/mol. The molecule has 0 saturated heterocycles. The van der Waals surface area contributed by atoms with Gasteiger partial charge in [0, 0.05) is 30.5 Å². The summed E-state index contributed by atoms with van der Waals surface area (Å²) in [6, 6.07) is 13.9. The number of para-hydroxylation sites is 1. The zero-order valence-corrected chi connectivity index (χ0v) is 11.8. The van der Waals surface area contributed by atoms with E-state index in [-0.39, 0.29) is 5.91 Å². The summed E-state index contributed by atoms with van der Waals surface area (Å²) in [4.78, 5) is 14.5. The van der Waals surface area contributed by atoms with Crippen molar-refractivity contribution in [2.45, 2.75) is 13.3 Å². The molecule has 1 aliphatic rings. The minimum absolute atomic E-state index is 0.0840. The van der Waals surface area contributed by atoms with Gasteiger partial charge in [0.05, 0.1) is 0 Å². The third kappa shape index (κ3) is 2.05. The second-order valence-corrected chi connectivity index (χ2v) is 5.12. The van der Waals surface area contributed by atoms with Gasteiger partial charge >= 0.3 is 0 Å². The monoisotopic (exact) mass is 266 g/mol. The van der Waals surface area contributed by atoms with Gasteiger partial charge in [0.15, 0.2) is 0 Å². The summed E-state index contributed by atoms with van der Waals surface area (Å²) >= 11 is 0. The highest BCUT2D eigenvalue weighted by Crippen LogP contribution is 2.29. The van der Waals surface area contributed by atoms with Crippen LogP contribution in [0.15, 0.2) is 42.5 Å². The van der Waals surface area contributed by atoms with Gasteiger partial charge < -0.3 is 10.2 Å². The van der Waals surface area contributed by atoms with Gasteiger partial charge in [-0.3, -0.25) is 4.79 Å². The number of nitrogens with one attached hydrogen (secondary N) is 1. The highest BCUT2D eigenvalue weighted by atomic mass is 16.2. The Balaban J connectivity index is 1.93. The Morgan fingerprint density at radius 3 is 2.75 bits per heavy atom. The Morgan fingerprint density at radius 1 is 1.20 bits per heavy atom. The van der Waals surface area contributed by atoms with Crippen LogP contribution in [-0.2, 0) is 6.42 Å². The zero-order valence-electron chi connectivity index (χ0n) is 11.8. The second kappa shape index (κ2) is 5.00. The molecular weight excluding hydrogens is 248 g/mol. The molecule has 20 heavy (non-hydrogen) atoms.